The summed E-state index contributed by atoms with van der Waals surface area (Å²) in [6, 6.07) is 7.05. The lowest BCUT2D eigenvalue weighted by atomic mass is 10.1. The Morgan fingerprint density at radius 2 is 2.10 bits per heavy atom. The number of carbonyl (C=O) groups excluding carboxylic acids is 1. The molecule has 0 bridgehead atoms. The second-order valence-electron chi connectivity index (χ2n) is 4.15. The molecule has 0 fully saturated rings. The number of rotatable bonds is 7. The quantitative estimate of drug-likeness (QED) is 0.438. The zero-order valence-electron chi connectivity index (χ0n) is 12.5. The van der Waals surface area contributed by atoms with E-state index in [2.05, 4.69) is 0 Å². The number of nitriles is 1. The van der Waals surface area contributed by atoms with Crippen LogP contribution in [0.3, 0.4) is 0 Å². The number of hydrogen-bond acceptors (Lipinski definition) is 5. The lowest BCUT2D eigenvalue weighted by Crippen LogP contribution is -2.06. The van der Waals surface area contributed by atoms with Gasteiger partial charge in [0.25, 0.3) is 0 Å². The van der Waals surface area contributed by atoms with Gasteiger partial charge in [-0.1, -0.05) is 13.0 Å². The first kappa shape index (κ1) is 16.6. The minimum atomic E-state index is -0.634. The molecule has 1 aromatic rings. The van der Waals surface area contributed by atoms with Crippen molar-refractivity contribution in [3.63, 3.8) is 0 Å². The first-order valence-electron chi connectivity index (χ1n) is 6.76. The molecule has 0 aliphatic rings. The van der Waals surface area contributed by atoms with Gasteiger partial charge in [0.1, 0.15) is 11.6 Å². The molecule has 0 N–H and O–H groups in total. The molecular formula is C16H19NO4. The fourth-order valence-corrected chi connectivity index (χ4v) is 1.62. The van der Waals surface area contributed by atoms with E-state index in [0.29, 0.717) is 23.7 Å². The van der Waals surface area contributed by atoms with Gasteiger partial charge in [-0.3, -0.25) is 0 Å². The summed E-state index contributed by atoms with van der Waals surface area (Å²) in [5.74, 6) is 0.551. The van der Waals surface area contributed by atoms with Crippen molar-refractivity contribution in [1.29, 1.82) is 5.26 Å². The molecule has 0 radical (unpaired) electrons. The van der Waals surface area contributed by atoms with E-state index in [1.54, 1.807) is 25.1 Å². The first-order chi connectivity index (χ1) is 10.2. The zero-order chi connectivity index (χ0) is 15.7. The van der Waals surface area contributed by atoms with Crippen molar-refractivity contribution in [3.8, 4) is 17.6 Å². The molecule has 0 aliphatic heterocycles. The van der Waals surface area contributed by atoms with Crippen molar-refractivity contribution in [3.05, 3.63) is 29.3 Å². The number of nitrogens with zero attached hydrogens (tertiary/aromatic N) is 1. The Kier molecular flexibility index (Phi) is 6.82. The van der Waals surface area contributed by atoms with Crippen LogP contribution < -0.4 is 9.47 Å². The van der Waals surface area contributed by atoms with Crippen molar-refractivity contribution in [2.24, 2.45) is 0 Å². The highest BCUT2D eigenvalue weighted by Gasteiger charge is 2.11. The van der Waals surface area contributed by atoms with Crippen LogP contribution in [0.2, 0.25) is 0 Å². The number of methoxy groups -OCH3 is 1. The third-order valence-electron chi connectivity index (χ3n) is 2.58. The predicted octanol–water partition coefficient (Wildman–Crippen LogP) is 2.95. The van der Waals surface area contributed by atoms with E-state index in [1.165, 1.54) is 13.2 Å². The van der Waals surface area contributed by atoms with Gasteiger partial charge in [-0.25, -0.2) is 4.79 Å². The lowest BCUT2D eigenvalue weighted by molar-refractivity contribution is -0.137. The Morgan fingerprint density at radius 1 is 1.33 bits per heavy atom. The van der Waals surface area contributed by atoms with Crippen LogP contribution >= 0.6 is 0 Å². The molecule has 0 aromatic heterocycles. The smallest absolute Gasteiger partial charge is 0.348 e. The van der Waals surface area contributed by atoms with Crippen LogP contribution in [0.25, 0.3) is 6.08 Å². The second kappa shape index (κ2) is 8.64. The lowest BCUT2D eigenvalue weighted by Gasteiger charge is -2.10. The maximum Gasteiger partial charge on any atom is 0.348 e. The van der Waals surface area contributed by atoms with Crippen molar-refractivity contribution in [2.45, 2.75) is 20.3 Å². The molecule has 1 aromatic carbocycles. The maximum absolute atomic E-state index is 11.6. The third-order valence-corrected chi connectivity index (χ3v) is 2.58. The monoisotopic (exact) mass is 289 g/mol. The van der Waals surface area contributed by atoms with Crippen molar-refractivity contribution in [1.82, 2.24) is 0 Å². The standard InChI is InChI=1S/C16H19NO4/c1-4-8-21-14-7-6-12(10-15(14)19-3)9-13(11-17)16(18)20-5-2/h6-7,9-10H,4-5,8H2,1-3H3. The van der Waals surface area contributed by atoms with Crippen LogP contribution in [0.4, 0.5) is 0 Å². The number of esters is 1. The first-order valence-corrected chi connectivity index (χ1v) is 6.76. The Hall–Kier alpha value is -2.48. The molecule has 112 valence electrons. The molecule has 5 heteroatoms. The van der Waals surface area contributed by atoms with Crippen molar-refractivity contribution in [2.75, 3.05) is 20.3 Å². The Morgan fingerprint density at radius 3 is 2.67 bits per heavy atom. The van der Waals surface area contributed by atoms with Crippen LogP contribution in [-0.4, -0.2) is 26.3 Å². The van der Waals surface area contributed by atoms with Gasteiger partial charge in [-0.05, 0) is 37.1 Å². The van der Waals surface area contributed by atoms with Crippen LogP contribution in [0.15, 0.2) is 23.8 Å². The number of ether oxygens (including phenoxy) is 3. The molecule has 0 unspecified atom stereocenters. The zero-order valence-corrected chi connectivity index (χ0v) is 12.5. The average Bonchev–Trinajstić information content (AvgIpc) is 2.51. The van der Waals surface area contributed by atoms with Gasteiger partial charge < -0.3 is 14.2 Å². The van der Waals surface area contributed by atoms with E-state index in [9.17, 15) is 4.79 Å². The largest absolute Gasteiger partial charge is 0.493 e. The fourth-order valence-electron chi connectivity index (χ4n) is 1.62. The Balaban J connectivity index is 3.03. The van der Waals surface area contributed by atoms with Crippen LogP contribution in [0.5, 0.6) is 11.5 Å². The van der Waals surface area contributed by atoms with Gasteiger partial charge in [0, 0.05) is 0 Å². The summed E-state index contributed by atoms with van der Waals surface area (Å²) >= 11 is 0. The van der Waals surface area contributed by atoms with Crippen LogP contribution in [-0.2, 0) is 9.53 Å². The maximum atomic E-state index is 11.6. The highest BCUT2D eigenvalue weighted by molar-refractivity contribution is 5.97. The number of benzene rings is 1. The van der Waals surface area contributed by atoms with Gasteiger partial charge in [0.05, 0.1) is 20.3 Å². The number of hydrogen-bond donors (Lipinski definition) is 0. The van der Waals surface area contributed by atoms with E-state index < -0.39 is 5.97 Å². The highest BCUT2D eigenvalue weighted by atomic mass is 16.5. The summed E-state index contributed by atoms with van der Waals surface area (Å²) in [4.78, 5) is 11.6. The van der Waals surface area contributed by atoms with E-state index >= 15 is 0 Å². The van der Waals surface area contributed by atoms with Crippen LogP contribution in [0.1, 0.15) is 25.8 Å². The van der Waals surface area contributed by atoms with Crippen molar-refractivity contribution < 1.29 is 19.0 Å². The van der Waals surface area contributed by atoms with Gasteiger partial charge in [0.2, 0.25) is 0 Å². The van der Waals surface area contributed by atoms with E-state index in [1.807, 2.05) is 13.0 Å². The minimum absolute atomic E-state index is 0.0545. The summed E-state index contributed by atoms with van der Waals surface area (Å²) in [6.45, 7) is 4.53. The molecule has 5 nitrogen and oxygen atoms in total. The molecule has 0 atom stereocenters. The number of carbonyl (C=O) groups is 1. The third kappa shape index (κ3) is 4.84. The molecular weight excluding hydrogens is 270 g/mol. The molecule has 0 spiro atoms. The normalized spacial score (nSPS) is 10.7. The topological polar surface area (TPSA) is 68.5 Å². The molecule has 1 rings (SSSR count). The van der Waals surface area contributed by atoms with E-state index in [0.717, 1.165) is 6.42 Å². The van der Waals surface area contributed by atoms with E-state index in [-0.39, 0.29) is 12.2 Å². The van der Waals surface area contributed by atoms with Gasteiger partial charge in [-0.15, -0.1) is 0 Å². The molecule has 0 amide bonds. The van der Waals surface area contributed by atoms with Gasteiger partial charge in [0.15, 0.2) is 11.5 Å². The van der Waals surface area contributed by atoms with Gasteiger partial charge >= 0.3 is 5.97 Å². The molecule has 21 heavy (non-hydrogen) atoms. The molecule has 0 saturated carbocycles. The predicted molar refractivity (Wildman–Crippen MR) is 79.0 cm³/mol. The molecule has 0 heterocycles. The van der Waals surface area contributed by atoms with Crippen molar-refractivity contribution >= 4 is 12.0 Å². The Labute approximate surface area is 124 Å². The summed E-state index contributed by atoms with van der Waals surface area (Å²) in [7, 11) is 1.54. The summed E-state index contributed by atoms with van der Waals surface area (Å²) in [5.41, 5.74) is 0.612. The summed E-state index contributed by atoms with van der Waals surface area (Å²) in [5, 5.41) is 9.01. The average molecular weight is 289 g/mol. The second-order valence-corrected chi connectivity index (χ2v) is 4.15. The highest BCUT2D eigenvalue weighted by Crippen LogP contribution is 2.29. The fraction of sp³-hybridized carbons (Fsp3) is 0.375. The van der Waals surface area contributed by atoms with Gasteiger partial charge in [-0.2, -0.15) is 5.26 Å². The SMILES string of the molecule is CCCOc1ccc(C=C(C#N)C(=O)OCC)cc1OC. The van der Waals surface area contributed by atoms with E-state index in [4.69, 9.17) is 19.5 Å². The minimum Gasteiger partial charge on any atom is -0.493 e. The Bertz CT molecular complexity index is 558. The molecule has 0 saturated heterocycles. The molecule has 0 aliphatic carbocycles. The summed E-state index contributed by atoms with van der Waals surface area (Å²) in [6.07, 6.45) is 2.36. The summed E-state index contributed by atoms with van der Waals surface area (Å²) < 4.78 is 15.6. The van der Waals surface area contributed by atoms with Crippen LogP contribution in [0, 0.1) is 11.3 Å².